The summed E-state index contributed by atoms with van der Waals surface area (Å²) in [6.45, 7) is 0. The Labute approximate surface area is 160 Å². The Balaban J connectivity index is -0.00000112. The van der Waals surface area contributed by atoms with Gasteiger partial charge in [-0.2, -0.15) is 16.8 Å². The van der Waals surface area contributed by atoms with Crippen LogP contribution in [0.2, 0.25) is 0 Å². The SMILES string of the molecule is O=S(=O)(O)SCCCCCCSS(=O)(=O)O.[Na].[Na]. The molecular formula is C6H14Na2O6S4. The van der Waals surface area contributed by atoms with Crippen molar-refractivity contribution in [3.63, 3.8) is 0 Å². The van der Waals surface area contributed by atoms with Crippen LogP contribution in [0.3, 0.4) is 0 Å². The van der Waals surface area contributed by atoms with E-state index in [4.69, 9.17) is 9.11 Å². The monoisotopic (exact) mass is 356 g/mol. The maximum absolute atomic E-state index is 10.3. The van der Waals surface area contributed by atoms with Gasteiger partial charge in [0.25, 0.3) is 0 Å². The molecule has 12 heteroatoms. The molecule has 0 aliphatic heterocycles. The van der Waals surface area contributed by atoms with Crippen LogP contribution in [0.5, 0.6) is 0 Å². The molecule has 0 aliphatic carbocycles. The summed E-state index contributed by atoms with van der Waals surface area (Å²) in [5.41, 5.74) is 0. The Hall–Kier alpha value is 2.52. The van der Waals surface area contributed by atoms with Crippen molar-refractivity contribution in [3.8, 4) is 0 Å². The fourth-order valence-corrected chi connectivity index (χ4v) is 3.92. The molecule has 0 rings (SSSR count). The maximum Gasteiger partial charge on any atom is 0.319 e. The van der Waals surface area contributed by atoms with E-state index < -0.39 is 18.3 Å². The van der Waals surface area contributed by atoms with E-state index in [0.29, 0.717) is 45.9 Å². The fourth-order valence-electron chi connectivity index (χ4n) is 0.886. The Morgan fingerprint density at radius 1 is 0.667 bits per heavy atom. The predicted molar refractivity (Wildman–Crippen MR) is 78.0 cm³/mol. The van der Waals surface area contributed by atoms with E-state index in [1.807, 2.05) is 0 Å². The van der Waals surface area contributed by atoms with E-state index in [9.17, 15) is 16.8 Å². The molecule has 18 heavy (non-hydrogen) atoms. The van der Waals surface area contributed by atoms with Crippen molar-refractivity contribution >= 4 is 99.0 Å². The van der Waals surface area contributed by atoms with Crippen LogP contribution in [-0.2, 0) is 18.3 Å². The molecule has 2 radical (unpaired) electrons. The summed E-state index contributed by atoms with van der Waals surface area (Å²) in [4.78, 5) is 0. The van der Waals surface area contributed by atoms with E-state index >= 15 is 0 Å². The van der Waals surface area contributed by atoms with E-state index in [0.717, 1.165) is 12.8 Å². The second-order valence-corrected chi connectivity index (χ2v) is 9.85. The molecule has 0 saturated heterocycles. The van der Waals surface area contributed by atoms with Crippen molar-refractivity contribution in [2.24, 2.45) is 0 Å². The second-order valence-electron chi connectivity index (χ2n) is 2.91. The van der Waals surface area contributed by atoms with Crippen molar-refractivity contribution in [2.75, 3.05) is 11.5 Å². The zero-order chi connectivity index (χ0) is 12.7. The largest absolute Gasteiger partial charge is 0.319 e. The standard InChI is InChI=1S/C6H14O6S4.2Na/c7-15(8,9)13-5-3-1-2-4-6-14-16(10,11)12;;/h1-6H2,(H,7,8,9)(H,10,11,12);;. The van der Waals surface area contributed by atoms with Crippen LogP contribution in [0.25, 0.3) is 0 Å². The Bertz CT molecular complexity index is 343. The van der Waals surface area contributed by atoms with Crippen LogP contribution < -0.4 is 0 Å². The van der Waals surface area contributed by atoms with Gasteiger partial charge in [-0.3, -0.25) is 9.11 Å². The average Bonchev–Trinajstić information content (AvgIpc) is 2.06. The van der Waals surface area contributed by atoms with Gasteiger partial charge in [0, 0.05) is 70.6 Å². The first-order chi connectivity index (χ1) is 7.21. The number of hydrogen-bond acceptors (Lipinski definition) is 6. The predicted octanol–water partition coefficient (Wildman–Crippen LogP) is 0.857. The summed E-state index contributed by atoms with van der Waals surface area (Å²) >= 11 is 0. The summed E-state index contributed by atoms with van der Waals surface area (Å²) in [6.07, 6.45) is 2.80. The Kier molecular flexibility index (Phi) is 18.7. The van der Waals surface area contributed by atoms with Gasteiger partial charge in [-0.15, -0.1) is 0 Å². The van der Waals surface area contributed by atoms with Crippen molar-refractivity contribution < 1.29 is 25.9 Å². The van der Waals surface area contributed by atoms with Gasteiger partial charge in [0.2, 0.25) is 0 Å². The Morgan fingerprint density at radius 2 is 0.944 bits per heavy atom. The summed E-state index contributed by atoms with van der Waals surface area (Å²) in [7, 11) is -6.90. The third-order valence-electron chi connectivity index (χ3n) is 1.50. The fraction of sp³-hybridized carbons (Fsp3) is 1.00. The quantitative estimate of drug-likeness (QED) is 0.271. The zero-order valence-electron chi connectivity index (χ0n) is 10.4. The van der Waals surface area contributed by atoms with Crippen molar-refractivity contribution in [3.05, 3.63) is 0 Å². The molecule has 0 atom stereocenters. The summed E-state index contributed by atoms with van der Waals surface area (Å²) in [5, 5.41) is 0. The molecule has 0 spiro atoms. The summed E-state index contributed by atoms with van der Waals surface area (Å²) in [5.74, 6) is 0.647. The van der Waals surface area contributed by atoms with Crippen LogP contribution in [0.4, 0.5) is 0 Å². The van der Waals surface area contributed by atoms with Crippen LogP contribution in [-0.4, -0.2) is 96.6 Å². The molecule has 0 fully saturated rings. The molecule has 0 aromatic rings. The van der Waals surface area contributed by atoms with Gasteiger partial charge in [0.15, 0.2) is 0 Å². The van der Waals surface area contributed by atoms with Crippen LogP contribution >= 0.6 is 21.6 Å². The minimum atomic E-state index is -3.94. The normalized spacial score (nSPS) is 11.4. The zero-order valence-corrected chi connectivity index (χ0v) is 17.7. The molecule has 0 bridgehead atoms. The molecule has 0 heterocycles. The molecule has 0 saturated carbocycles. The number of unbranched alkanes of at least 4 members (excludes halogenated alkanes) is 3. The van der Waals surface area contributed by atoms with Gasteiger partial charge >= 0.3 is 18.3 Å². The van der Waals surface area contributed by atoms with Crippen LogP contribution in [0.1, 0.15) is 25.7 Å². The molecule has 0 aromatic heterocycles. The molecule has 0 aliphatic rings. The first-order valence-corrected chi connectivity index (χ1v) is 10.3. The summed E-state index contributed by atoms with van der Waals surface area (Å²) < 4.78 is 58.0. The molecule has 0 unspecified atom stereocenters. The van der Waals surface area contributed by atoms with Crippen molar-refractivity contribution in [1.82, 2.24) is 0 Å². The molecule has 0 aromatic carbocycles. The van der Waals surface area contributed by atoms with E-state index in [-0.39, 0.29) is 59.1 Å². The molecule has 6 nitrogen and oxygen atoms in total. The van der Waals surface area contributed by atoms with Crippen LogP contribution in [0.15, 0.2) is 0 Å². The molecule has 2 N–H and O–H groups in total. The van der Waals surface area contributed by atoms with Gasteiger partial charge in [0.05, 0.1) is 0 Å². The number of rotatable bonds is 9. The molecule has 100 valence electrons. The van der Waals surface area contributed by atoms with Gasteiger partial charge in [-0.1, -0.05) is 12.8 Å². The topological polar surface area (TPSA) is 109 Å². The average molecular weight is 356 g/mol. The minimum absolute atomic E-state index is 0. The third-order valence-corrected chi connectivity index (χ3v) is 5.80. The third kappa shape index (κ3) is 23.6. The van der Waals surface area contributed by atoms with Crippen molar-refractivity contribution in [2.45, 2.75) is 25.7 Å². The maximum atomic E-state index is 10.3. The Morgan fingerprint density at radius 3 is 1.17 bits per heavy atom. The second kappa shape index (κ2) is 13.2. The van der Waals surface area contributed by atoms with Gasteiger partial charge in [-0.25, -0.2) is 0 Å². The number of hydrogen-bond donors (Lipinski definition) is 2. The molecule has 0 amide bonds. The first kappa shape index (κ1) is 25.5. The van der Waals surface area contributed by atoms with E-state index in [1.165, 1.54) is 0 Å². The van der Waals surface area contributed by atoms with Gasteiger partial charge < -0.3 is 0 Å². The van der Waals surface area contributed by atoms with Gasteiger partial charge in [-0.05, 0) is 34.4 Å². The van der Waals surface area contributed by atoms with E-state index in [2.05, 4.69) is 0 Å². The van der Waals surface area contributed by atoms with Gasteiger partial charge in [0.1, 0.15) is 0 Å². The van der Waals surface area contributed by atoms with Crippen molar-refractivity contribution in [1.29, 1.82) is 0 Å². The smallest absolute Gasteiger partial charge is 0.277 e. The molecular weight excluding hydrogens is 342 g/mol. The van der Waals surface area contributed by atoms with Crippen LogP contribution in [0, 0.1) is 0 Å². The van der Waals surface area contributed by atoms with E-state index in [1.54, 1.807) is 0 Å². The first-order valence-electron chi connectivity index (χ1n) is 4.44. The summed E-state index contributed by atoms with van der Waals surface area (Å²) in [6, 6.07) is 0. The minimum Gasteiger partial charge on any atom is -0.277 e.